The normalized spacial score (nSPS) is 21.7. The maximum absolute atomic E-state index is 12.9. The van der Waals surface area contributed by atoms with Gasteiger partial charge in [-0.15, -0.1) is 12.4 Å². The summed E-state index contributed by atoms with van der Waals surface area (Å²) in [7, 11) is 0. The number of anilines is 1. The van der Waals surface area contributed by atoms with Crippen LogP contribution in [0.5, 0.6) is 0 Å². The largest absolute Gasteiger partial charge is 0.480 e. The average molecular weight is 550 g/mol. The fourth-order valence-corrected chi connectivity index (χ4v) is 5.90. The first-order valence-corrected chi connectivity index (χ1v) is 14.1. The molecule has 1 saturated heterocycles. The Balaban J connectivity index is 0.00000400. The number of carbonyl (C=O) groups excluding carboxylic acids is 2. The molecule has 3 aliphatic rings. The maximum atomic E-state index is 12.9. The van der Waals surface area contributed by atoms with E-state index >= 15 is 0 Å². The topological polar surface area (TPSA) is 124 Å². The highest BCUT2D eigenvalue weighted by Gasteiger charge is 2.37. The van der Waals surface area contributed by atoms with Gasteiger partial charge in [0.2, 0.25) is 11.8 Å². The lowest BCUT2D eigenvalue weighted by molar-refractivity contribution is -0.144. The first kappa shape index (κ1) is 30.2. The Bertz CT molecular complexity index is 969. The zero-order valence-corrected chi connectivity index (χ0v) is 23.4. The second kappa shape index (κ2) is 14.1. The standard InChI is InChI=1S/C28H43N5O4.ClH/c1-28(13-3-2-4-14-28)27(37)32-23(26(35)36)18-30-25(34)21-9-6-16-33(19-21)17-7-10-22-12-11-20-8-5-15-29-24(20)31-22;/h11-12,21,23H,2-10,13-19H2,1H3,(H,29,31)(H,30,34)(H,32,37)(H,35,36);1H. The number of amides is 2. The lowest BCUT2D eigenvalue weighted by Gasteiger charge is -2.33. The number of carboxylic acids is 1. The molecule has 2 fully saturated rings. The SMILES string of the molecule is CC1(C(=O)NC(CNC(=O)C2CCCN(CCCc3ccc4c(n3)NCCC4)C2)C(=O)O)CCCCC1.Cl. The number of piperidine rings is 1. The molecule has 2 amide bonds. The van der Waals surface area contributed by atoms with Crippen LogP contribution in [0.25, 0.3) is 0 Å². The number of carbonyl (C=O) groups is 3. The number of fused-ring (bicyclic) bond motifs is 1. The second-order valence-electron chi connectivity index (χ2n) is 11.3. The van der Waals surface area contributed by atoms with Gasteiger partial charge in [-0.2, -0.15) is 0 Å². The molecule has 0 bridgehead atoms. The van der Waals surface area contributed by atoms with E-state index in [1.54, 1.807) is 0 Å². The Morgan fingerprint density at radius 1 is 1.18 bits per heavy atom. The number of rotatable bonds is 10. The molecule has 1 aromatic heterocycles. The molecule has 10 heteroatoms. The summed E-state index contributed by atoms with van der Waals surface area (Å²) >= 11 is 0. The van der Waals surface area contributed by atoms with E-state index in [0.29, 0.717) is 6.54 Å². The van der Waals surface area contributed by atoms with Gasteiger partial charge in [-0.3, -0.25) is 9.59 Å². The van der Waals surface area contributed by atoms with Gasteiger partial charge in [-0.05, 0) is 76.1 Å². The van der Waals surface area contributed by atoms with Gasteiger partial charge in [0.15, 0.2) is 0 Å². The number of aromatic nitrogens is 1. The molecular weight excluding hydrogens is 506 g/mol. The lowest BCUT2D eigenvalue weighted by Crippen LogP contribution is -2.53. The minimum absolute atomic E-state index is 0. The summed E-state index contributed by atoms with van der Waals surface area (Å²) in [5.41, 5.74) is 1.88. The molecule has 1 aromatic rings. The minimum atomic E-state index is -1.12. The molecule has 4 N–H and O–H groups in total. The molecule has 2 unspecified atom stereocenters. The monoisotopic (exact) mass is 549 g/mol. The van der Waals surface area contributed by atoms with E-state index in [4.69, 9.17) is 4.98 Å². The van der Waals surface area contributed by atoms with Crippen LogP contribution < -0.4 is 16.0 Å². The van der Waals surface area contributed by atoms with Crippen LogP contribution >= 0.6 is 12.4 Å². The second-order valence-corrected chi connectivity index (χ2v) is 11.3. The molecule has 0 radical (unpaired) electrons. The predicted octanol–water partition coefficient (Wildman–Crippen LogP) is 3.16. The fourth-order valence-electron chi connectivity index (χ4n) is 5.90. The number of hydrogen-bond donors (Lipinski definition) is 4. The number of aryl methyl sites for hydroxylation is 2. The summed E-state index contributed by atoms with van der Waals surface area (Å²) in [5.74, 6) is -0.606. The van der Waals surface area contributed by atoms with Gasteiger partial charge >= 0.3 is 5.97 Å². The molecule has 2 atom stereocenters. The van der Waals surface area contributed by atoms with Gasteiger partial charge in [0, 0.05) is 30.7 Å². The molecule has 212 valence electrons. The van der Waals surface area contributed by atoms with Crippen molar-refractivity contribution in [2.24, 2.45) is 11.3 Å². The van der Waals surface area contributed by atoms with Crippen LogP contribution in [0.3, 0.4) is 0 Å². The van der Waals surface area contributed by atoms with Gasteiger partial charge in [0.05, 0.1) is 5.92 Å². The van der Waals surface area contributed by atoms with Crippen molar-refractivity contribution in [1.29, 1.82) is 0 Å². The zero-order valence-electron chi connectivity index (χ0n) is 22.6. The maximum Gasteiger partial charge on any atom is 0.328 e. The molecule has 1 aliphatic carbocycles. The lowest BCUT2D eigenvalue weighted by atomic mass is 9.75. The Hall–Kier alpha value is -2.39. The Morgan fingerprint density at radius 2 is 1.97 bits per heavy atom. The van der Waals surface area contributed by atoms with E-state index in [9.17, 15) is 19.5 Å². The van der Waals surface area contributed by atoms with Crippen LogP contribution in [0.4, 0.5) is 5.82 Å². The van der Waals surface area contributed by atoms with E-state index in [1.165, 1.54) is 5.56 Å². The highest BCUT2D eigenvalue weighted by Crippen LogP contribution is 2.36. The van der Waals surface area contributed by atoms with Crippen molar-refractivity contribution >= 4 is 36.0 Å². The van der Waals surface area contributed by atoms with Crippen LogP contribution in [-0.2, 0) is 27.2 Å². The third-order valence-electron chi connectivity index (χ3n) is 8.32. The molecule has 0 spiro atoms. The highest BCUT2D eigenvalue weighted by molar-refractivity contribution is 5.88. The number of hydrogen-bond acceptors (Lipinski definition) is 6. The summed E-state index contributed by atoms with van der Waals surface area (Å²) in [6.45, 7) is 5.35. The fraction of sp³-hybridized carbons (Fsp3) is 0.714. The molecule has 0 aromatic carbocycles. The highest BCUT2D eigenvalue weighted by atomic mass is 35.5. The van der Waals surface area contributed by atoms with E-state index in [1.807, 2.05) is 6.92 Å². The van der Waals surface area contributed by atoms with Crippen molar-refractivity contribution in [3.05, 3.63) is 23.4 Å². The predicted molar refractivity (Wildman–Crippen MR) is 150 cm³/mol. The Labute approximate surface area is 232 Å². The van der Waals surface area contributed by atoms with Gasteiger partial charge in [-0.25, -0.2) is 9.78 Å². The summed E-state index contributed by atoms with van der Waals surface area (Å²) in [6.07, 6.45) is 10.5. The third kappa shape index (κ3) is 8.06. The number of halogens is 1. The summed E-state index contributed by atoms with van der Waals surface area (Å²) in [4.78, 5) is 44.6. The number of nitrogens with one attached hydrogen (secondary N) is 3. The molecule has 9 nitrogen and oxygen atoms in total. The number of aliphatic carboxylic acids is 1. The molecule has 3 heterocycles. The average Bonchev–Trinajstić information content (AvgIpc) is 2.91. The quantitative estimate of drug-likeness (QED) is 0.353. The number of likely N-dealkylation sites (tertiary alicyclic amines) is 1. The smallest absolute Gasteiger partial charge is 0.328 e. The van der Waals surface area contributed by atoms with Crippen molar-refractivity contribution in [3.63, 3.8) is 0 Å². The molecule has 4 rings (SSSR count). The van der Waals surface area contributed by atoms with Crippen molar-refractivity contribution in [2.75, 3.05) is 38.0 Å². The van der Waals surface area contributed by atoms with Gasteiger partial charge in [0.1, 0.15) is 11.9 Å². The van der Waals surface area contributed by atoms with E-state index in [2.05, 4.69) is 33.0 Å². The van der Waals surface area contributed by atoms with Gasteiger partial charge in [0.25, 0.3) is 0 Å². The summed E-state index contributed by atoms with van der Waals surface area (Å²) in [6, 6.07) is 3.20. The van der Waals surface area contributed by atoms with Crippen LogP contribution in [0.1, 0.15) is 76.0 Å². The third-order valence-corrected chi connectivity index (χ3v) is 8.32. The Morgan fingerprint density at radius 3 is 2.74 bits per heavy atom. The van der Waals surface area contributed by atoms with Crippen LogP contribution in [0.2, 0.25) is 0 Å². The first-order chi connectivity index (χ1) is 17.8. The van der Waals surface area contributed by atoms with E-state index in [-0.39, 0.29) is 36.7 Å². The van der Waals surface area contributed by atoms with Crippen molar-refractivity contribution in [2.45, 2.75) is 83.6 Å². The number of carboxylic acid groups (broad SMARTS) is 1. The van der Waals surface area contributed by atoms with Crippen LogP contribution in [0.15, 0.2) is 12.1 Å². The zero-order chi connectivity index (χ0) is 26.3. The summed E-state index contributed by atoms with van der Waals surface area (Å²) < 4.78 is 0. The van der Waals surface area contributed by atoms with Crippen molar-refractivity contribution in [1.82, 2.24) is 20.5 Å². The van der Waals surface area contributed by atoms with Crippen molar-refractivity contribution < 1.29 is 19.5 Å². The molecule has 2 aliphatic heterocycles. The Kier molecular flexibility index (Phi) is 11.2. The van der Waals surface area contributed by atoms with Crippen molar-refractivity contribution in [3.8, 4) is 0 Å². The number of pyridine rings is 1. The van der Waals surface area contributed by atoms with E-state index in [0.717, 1.165) is 102 Å². The van der Waals surface area contributed by atoms with Gasteiger partial charge < -0.3 is 26.0 Å². The molecule has 1 saturated carbocycles. The summed E-state index contributed by atoms with van der Waals surface area (Å²) in [5, 5.41) is 18.5. The first-order valence-electron chi connectivity index (χ1n) is 14.1. The minimum Gasteiger partial charge on any atom is -0.480 e. The van der Waals surface area contributed by atoms with Crippen LogP contribution in [0, 0.1) is 11.3 Å². The number of nitrogens with zero attached hydrogens (tertiary/aromatic N) is 2. The van der Waals surface area contributed by atoms with E-state index < -0.39 is 17.4 Å². The van der Waals surface area contributed by atoms with Gasteiger partial charge in [-0.1, -0.05) is 32.3 Å². The molecular formula is C28H44ClN5O4. The molecule has 38 heavy (non-hydrogen) atoms. The van der Waals surface area contributed by atoms with Crippen LogP contribution in [-0.4, -0.2) is 71.5 Å².